The number of nitrogens with one attached hydrogen (secondary N) is 4. The van der Waals surface area contributed by atoms with Gasteiger partial charge in [-0.1, -0.05) is 18.2 Å². The molecule has 0 aliphatic rings. The molecular formula is C25H36N6O8. The molecule has 39 heavy (non-hydrogen) atoms. The number of hydrogen-bond donors (Lipinski definition) is 9. The third-order valence-corrected chi connectivity index (χ3v) is 6.11. The Morgan fingerprint density at radius 2 is 1.51 bits per heavy atom. The van der Waals surface area contributed by atoms with E-state index in [1.54, 1.807) is 12.3 Å². The summed E-state index contributed by atoms with van der Waals surface area (Å²) in [5.74, 6) is -4.99. The maximum absolute atomic E-state index is 13.3. The van der Waals surface area contributed by atoms with Gasteiger partial charge in [-0.2, -0.15) is 0 Å². The molecule has 11 N–H and O–H groups in total. The Bertz CT molecular complexity index is 1150. The van der Waals surface area contributed by atoms with E-state index >= 15 is 0 Å². The number of para-hydroxylation sites is 1. The van der Waals surface area contributed by atoms with E-state index in [1.807, 2.05) is 18.2 Å². The van der Waals surface area contributed by atoms with Gasteiger partial charge in [0.15, 0.2) is 0 Å². The van der Waals surface area contributed by atoms with Crippen molar-refractivity contribution in [3.63, 3.8) is 0 Å². The van der Waals surface area contributed by atoms with Crippen LogP contribution in [0.15, 0.2) is 30.5 Å². The van der Waals surface area contributed by atoms with Crippen molar-refractivity contribution in [2.75, 3.05) is 13.2 Å². The summed E-state index contributed by atoms with van der Waals surface area (Å²) in [5, 5.41) is 35.9. The van der Waals surface area contributed by atoms with Crippen LogP contribution < -0.4 is 27.4 Å². The van der Waals surface area contributed by atoms with E-state index in [2.05, 4.69) is 20.9 Å². The lowest BCUT2D eigenvalue weighted by Gasteiger charge is -2.25. The van der Waals surface area contributed by atoms with Crippen molar-refractivity contribution in [1.82, 2.24) is 20.9 Å². The van der Waals surface area contributed by atoms with E-state index in [0.717, 1.165) is 10.9 Å². The first-order valence-electron chi connectivity index (χ1n) is 12.5. The fourth-order valence-corrected chi connectivity index (χ4v) is 3.92. The van der Waals surface area contributed by atoms with Crippen LogP contribution in [-0.2, 0) is 30.4 Å². The van der Waals surface area contributed by atoms with Gasteiger partial charge >= 0.3 is 11.9 Å². The number of amides is 3. The highest BCUT2D eigenvalue weighted by Crippen LogP contribution is 2.19. The number of carboxylic acids is 2. The van der Waals surface area contributed by atoms with Crippen molar-refractivity contribution in [2.24, 2.45) is 11.5 Å². The predicted octanol–water partition coefficient (Wildman–Crippen LogP) is -1.44. The van der Waals surface area contributed by atoms with Crippen LogP contribution in [0, 0.1) is 0 Å². The number of nitrogens with two attached hydrogens (primary N) is 2. The summed E-state index contributed by atoms with van der Waals surface area (Å²) in [6.07, 6.45) is 1.99. The van der Waals surface area contributed by atoms with Gasteiger partial charge in [-0.3, -0.25) is 19.2 Å². The minimum atomic E-state index is -1.38. The number of aliphatic carboxylic acids is 2. The van der Waals surface area contributed by atoms with Crippen molar-refractivity contribution < 1.29 is 39.3 Å². The topological polar surface area (TPSA) is 250 Å². The Morgan fingerprint density at radius 3 is 2.15 bits per heavy atom. The van der Waals surface area contributed by atoms with E-state index in [-0.39, 0.29) is 19.3 Å². The Hall–Kier alpha value is -4.01. The van der Waals surface area contributed by atoms with Gasteiger partial charge in [0.1, 0.15) is 24.2 Å². The second kappa shape index (κ2) is 15.4. The molecule has 0 aliphatic heterocycles. The average Bonchev–Trinajstić information content (AvgIpc) is 3.31. The maximum Gasteiger partial charge on any atom is 0.326 e. The Balaban J connectivity index is 2.31. The van der Waals surface area contributed by atoms with Crippen LogP contribution in [0.2, 0.25) is 0 Å². The molecule has 0 radical (unpaired) electrons. The zero-order valence-electron chi connectivity index (χ0n) is 21.4. The van der Waals surface area contributed by atoms with Gasteiger partial charge in [0.2, 0.25) is 17.7 Å². The van der Waals surface area contributed by atoms with Crippen LogP contribution in [0.5, 0.6) is 0 Å². The summed E-state index contributed by atoms with van der Waals surface area (Å²) in [7, 11) is 0. The molecule has 0 saturated heterocycles. The number of hydrogen-bond acceptors (Lipinski definition) is 8. The molecule has 2 rings (SSSR count). The molecule has 0 aliphatic carbocycles. The molecule has 2 aromatic rings. The third-order valence-electron chi connectivity index (χ3n) is 6.11. The van der Waals surface area contributed by atoms with Crippen molar-refractivity contribution in [1.29, 1.82) is 0 Å². The van der Waals surface area contributed by atoms with E-state index in [9.17, 15) is 29.1 Å². The minimum absolute atomic E-state index is 0.0352. The number of aliphatic hydroxyl groups is 1. The molecular weight excluding hydrogens is 512 g/mol. The smallest absolute Gasteiger partial charge is 0.326 e. The van der Waals surface area contributed by atoms with E-state index in [4.69, 9.17) is 21.7 Å². The molecule has 1 aromatic carbocycles. The fourth-order valence-electron chi connectivity index (χ4n) is 3.92. The van der Waals surface area contributed by atoms with Crippen LogP contribution in [-0.4, -0.2) is 87.3 Å². The van der Waals surface area contributed by atoms with Crippen LogP contribution in [0.3, 0.4) is 0 Å². The number of fused-ring (bicyclic) bond motifs is 1. The van der Waals surface area contributed by atoms with E-state index < -0.39 is 66.9 Å². The average molecular weight is 549 g/mol. The Morgan fingerprint density at radius 1 is 0.872 bits per heavy atom. The van der Waals surface area contributed by atoms with E-state index in [1.165, 1.54) is 0 Å². The number of unbranched alkanes of at least 4 members (excludes halogenated alkanes) is 1. The lowest BCUT2D eigenvalue weighted by molar-refractivity contribution is -0.142. The number of aromatic nitrogens is 1. The number of aromatic amines is 1. The van der Waals surface area contributed by atoms with Crippen LogP contribution >= 0.6 is 0 Å². The monoisotopic (exact) mass is 548 g/mol. The van der Waals surface area contributed by atoms with E-state index in [0.29, 0.717) is 24.9 Å². The molecule has 0 bridgehead atoms. The van der Waals surface area contributed by atoms with Gasteiger partial charge in [-0.15, -0.1) is 0 Å². The second-order valence-electron chi connectivity index (χ2n) is 9.09. The Kier molecular flexibility index (Phi) is 12.3. The number of H-pyrrole nitrogens is 1. The van der Waals surface area contributed by atoms with Crippen molar-refractivity contribution in [3.8, 4) is 0 Å². The number of aliphatic hydroxyl groups excluding tert-OH is 1. The van der Waals surface area contributed by atoms with Gasteiger partial charge in [0.25, 0.3) is 0 Å². The van der Waals surface area contributed by atoms with Gasteiger partial charge in [-0.25, -0.2) is 4.79 Å². The molecule has 0 saturated carbocycles. The first-order chi connectivity index (χ1) is 18.6. The predicted molar refractivity (Wildman–Crippen MR) is 140 cm³/mol. The molecule has 4 unspecified atom stereocenters. The number of benzene rings is 1. The lowest BCUT2D eigenvalue weighted by atomic mass is 10.0. The van der Waals surface area contributed by atoms with Gasteiger partial charge in [0.05, 0.1) is 6.61 Å². The molecule has 3 amide bonds. The summed E-state index contributed by atoms with van der Waals surface area (Å²) in [6.45, 7) is -0.339. The number of carbonyl (C=O) groups excluding carboxylic acids is 3. The second-order valence-corrected chi connectivity index (χ2v) is 9.09. The van der Waals surface area contributed by atoms with Crippen LogP contribution in [0.4, 0.5) is 0 Å². The molecule has 1 aromatic heterocycles. The molecule has 0 fully saturated rings. The first kappa shape index (κ1) is 31.2. The summed E-state index contributed by atoms with van der Waals surface area (Å²) in [4.78, 5) is 64.7. The highest BCUT2D eigenvalue weighted by Gasteiger charge is 2.31. The van der Waals surface area contributed by atoms with Crippen LogP contribution in [0.1, 0.15) is 37.7 Å². The van der Waals surface area contributed by atoms with Crippen molar-refractivity contribution in [3.05, 3.63) is 36.0 Å². The fraction of sp³-hybridized carbons (Fsp3) is 0.480. The minimum Gasteiger partial charge on any atom is -0.481 e. The Labute approximate surface area is 224 Å². The molecule has 14 heteroatoms. The summed E-state index contributed by atoms with van der Waals surface area (Å²) in [5.41, 5.74) is 12.4. The van der Waals surface area contributed by atoms with Crippen molar-refractivity contribution in [2.45, 2.75) is 62.7 Å². The molecule has 1 heterocycles. The summed E-state index contributed by atoms with van der Waals surface area (Å²) in [6, 6.07) is 2.03. The highest BCUT2D eigenvalue weighted by molar-refractivity contribution is 5.95. The molecule has 14 nitrogen and oxygen atoms in total. The summed E-state index contributed by atoms with van der Waals surface area (Å²) < 4.78 is 0. The SMILES string of the molecule is NCCCCC(NC(=O)C(Cc1c[nH]c2ccccc12)NC(=O)C(CCC(=O)O)NC(=O)C(N)CO)C(=O)O. The van der Waals surface area contributed by atoms with Crippen LogP contribution in [0.25, 0.3) is 10.9 Å². The normalized spacial score (nSPS) is 14.1. The van der Waals surface area contributed by atoms with Gasteiger partial charge in [-0.05, 0) is 43.9 Å². The van der Waals surface area contributed by atoms with Gasteiger partial charge < -0.3 is 47.7 Å². The largest absolute Gasteiger partial charge is 0.481 e. The number of carbonyl (C=O) groups is 5. The first-order valence-corrected chi connectivity index (χ1v) is 12.5. The molecule has 0 spiro atoms. The highest BCUT2D eigenvalue weighted by atomic mass is 16.4. The zero-order chi connectivity index (χ0) is 28.9. The van der Waals surface area contributed by atoms with Gasteiger partial charge in [0, 0.05) is 29.9 Å². The quantitative estimate of drug-likeness (QED) is 0.104. The lowest BCUT2D eigenvalue weighted by Crippen LogP contribution is -2.58. The number of rotatable bonds is 17. The van der Waals surface area contributed by atoms with Crippen molar-refractivity contribution >= 4 is 40.6 Å². The maximum atomic E-state index is 13.3. The molecule has 214 valence electrons. The summed E-state index contributed by atoms with van der Waals surface area (Å²) >= 11 is 0. The number of carboxylic acid groups (broad SMARTS) is 2. The third kappa shape index (κ3) is 9.67. The molecule has 4 atom stereocenters. The standard InChI is InChI=1S/C25H36N6O8/c26-10-4-3-7-19(25(38)39)30-24(37)20(11-14-12-28-17-6-2-1-5-15(14)17)31-23(36)18(8-9-21(33)34)29-22(35)16(27)13-32/h1-2,5-6,12,16,18-20,28,32H,3-4,7-11,13,26-27H2,(H,29,35)(H,30,37)(H,31,36)(H,33,34)(H,38,39). The zero-order valence-corrected chi connectivity index (χ0v) is 21.4.